The van der Waals surface area contributed by atoms with Crippen molar-refractivity contribution in [1.82, 2.24) is 5.32 Å². The van der Waals surface area contributed by atoms with Gasteiger partial charge in [-0.05, 0) is 37.6 Å². The van der Waals surface area contributed by atoms with Gasteiger partial charge in [0.2, 0.25) is 0 Å². The zero-order valence-electron chi connectivity index (χ0n) is 9.58. The Labute approximate surface area is 95.8 Å². The largest absolute Gasteiger partial charge is 0.489 e. The molecule has 0 amide bonds. The number of benzene rings is 1. The lowest BCUT2D eigenvalue weighted by atomic mass is 10.1. The molecule has 3 nitrogen and oxygen atoms in total. The molecule has 1 aromatic rings. The van der Waals surface area contributed by atoms with E-state index >= 15 is 0 Å². The van der Waals surface area contributed by atoms with E-state index in [4.69, 9.17) is 9.47 Å². The van der Waals surface area contributed by atoms with E-state index in [-0.39, 0.29) is 0 Å². The second kappa shape index (κ2) is 3.67. The molecule has 0 aromatic heterocycles. The van der Waals surface area contributed by atoms with E-state index < -0.39 is 0 Å². The van der Waals surface area contributed by atoms with Gasteiger partial charge in [0.15, 0.2) is 11.5 Å². The first-order chi connectivity index (χ1) is 7.81. The number of ether oxygens (including phenoxy) is 2. The summed E-state index contributed by atoms with van der Waals surface area (Å²) >= 11 is 0. The molecule has 0 radical (unpaired) electrons. The molecule has 0 bridgehead atoms. The molecule has 86 valence electrons. The maximum Gasteiger partial charge on any atom is 0.161 e. The molecule has 3 heteroatoms. The molecule has 1 aliphatic heterocycles. The molecule has 0 unspecified atom stereocenters. The van der Waals surface area contributed by atoms with Crippen LogP contribution in [0.25, 0.3) is 0 Å². The number of nitrogens with one attached hydrogen (secondary N) is 1. The third-order valence-corrected chi connectivity index (χ3v) is 3.41. The Morgan fingerprint density at radius 2 is 1.94 bits per heavy atom. The van der Waals surface area contributed by atoms with Gasteiger partial charge in [-0.1, -0.05) is 6.07 Å². The van der Waals surface area contributed by atoms with Crippen LogP contribution in [0.15, 0.2) is 18.2 Å². The van der Waals surface area contributed by atoms with Crippen LogP contribution in [-0.4, -0.2) is 20.3 Å². The summed E-state index contributed by atoms with van der Waals surface area (Å²) in [6.07, 6.45) is 2.48. The molecule has 1 heterocycles. The molecule has 2 aliphatic rings. The van der Waals surface area contributed by atoms with E-state index in [2.05, 4.69) is 17.4 Å². The minimum absolute atomic E-state index is 0.322. The van der Waals surface area contributed by atoms with Crippen LogP contribution < -0.4 is 14.8 Å². The van der Waals surface area contributed by atoms with Crippen molar-refractivity contribution in [2.24, 2.45) is 5.41 Å². The standard InChI is InChI=1S/C13H17NO2/c1-14-7-10-2-3-11-12(6-10)16-9-13(4-5-13)8-15-11/h2-3,6,14H,4-5,7-9H2,1H3. The van der Waals surface area contributed by atoms with E-state index in [1.807, 2.05) is 13.1 Å². The lowest BCUT2D eigenvalue weighted by Gasteiger charge is -2.09. The van der Waals surface area contributed by atoms with Gasteiger partial charge in [0.1, 0.15) is 0 Å². The molecule has 3 rings (SSSR count). The van der Waals surface area contributed by atoms with Crippen LogP contribution in [0.2, 0.25) is 0 Å². The van der Waals surface area contributed by atoms with Crippen LogP contribution in [0.3, 0.4) is 0 Å². The minimum Gasteiger partial charge on any atom is -0.489 e. The Kier molecular flexibility index (Phi) is 2.28. The zero-order chi connectivity index (χ0) is 11.0. The van der Waals surface area contributed by atoms with Gasteiger partial charge < -0.3 is 14.8 Å². The number of hydrogen-bond acceptors (Lipinski definition) is 3. The molecular formula is C13H17NO2. The van der Waals surface area contributed by atoms with Gasteiger partial charge in [-0.25, -0.2) is 0 Å². The topological polar surface area (TPSA) is 30.5 Å². The van der Waals surface area contributed by atoms with Gasteiger partial charge in [-0.3, -0.25) is 0 Å². The third-order valence-electron chi connectivity index (χ3n) is 3.41. The Morgan fingerprint density at radius 1 is 1.19 bits per heavy atom. The molecule has 1 saturated carbocycles. The molecule has 1 aliphatic carbocycles. The Balaban J connectivity index is 1.83. The summed E-state index contributed by atoms with van der Waals surface area (Å²) in [4.78, 5) is 0. The Bertz CT molecular complexity index is 399. The second-order valence-electron chi connectivity index (χ2n) is 4.89. The summed E-state index contributed by atoms with van der Waals surface area (Å²) in [6, 6.07) is 6.18. The summed E-state index contributed by atoms with van der Waals surface area (Å²) in [7, 11) is 1.95. The lowest BCUT2D eigenvalue weighted by Crippen LogP contribution is -2.17. The van der Waals surface area contributed by atoms with Gasteiger partial charge in [0, 0.05) is 12.0 Å². The molecule has 16 heavy (non-hydrogen) atoms. The Hall–Kier alpha value is -1.22. The maximum absolute atomic E-state index is 5.86. The molecule has 0 saturated heterocycles. The fourth-order valence-corrected chi connectivity index (χ4v) is 2.07. The van der Waals surface area contributed by atoms with Crippen molar-refractivity contribution in [2.75, 3.05) is 20.3 Å². The van der Waals surface area contributed by atoms with Gasteiger partial charge in [0.25, 0.3) is 0 Å². The third kappa shape index (κ3) is 1.76. The highest BCUT2D eigenvalue weighted by Crippen LogP contribution is 2.49. The summed E-state index contributed by atoms with van der Waals surface area (Å²) in [5, 5.41) is 3.14. The van der Waals surface area contributed by atoms with Gasteiger partial charge >= 0.3 is 0 Å². The van der Waals surface area contributed by atoms with Gasteiger partial charge in [0.05, 0.1) is 13.2 Å². The first-order valence-electron chi connectivity index (χ1n) is 5.84. The molecule has 1 spiro atoms. The predicted molar refractivity (Wildman–Crippen MR) is 61.9 cm³/mol. The van der Waals surface area contributed by atoms with Gasteiger partial charge in [-0.15, -0.1) is 0 Å². The van der Waals surface area contributed by atoms with Crippen molar-refractivity contribution in [2.45, 2.75) is 19.4 Å². The lowest BCUT2D eigenvalue weighted by molar-refractivity contribution is 0.197. The molecule has 0 atom stereocenters. The van der Waals surface area contributed by atoms with E-state index in [9.17, 15) is 0 Å². The van der Waals surface area contributed by atoms with Crippen LogP contribution >= 0.6 is 0 Å². The van der Waals surface area contributed by atoms with Crippen LogP contribution in [-0.2, 0) is 6.54 Å². The minimum atomic E-state index is 0.322. The number of fused-ring (bicyclic) bond motifs is 1. The van der Waals surface area contributed by atoms with Crippen molar-refractivity contribution in [3.8, 4) is 11.5 Å². The van der Waals surface area contributed by atoms with Crippen LogP contribution in [0.1, 0.15) is 18.4 Å². The molecule has 1 aromatic carbocycles. The van der Waals surface area contributed by atoms with Crippen molar-refractivity contribution in [3.63, 3.8) is 0 Å². The maximum atomic E-state index is 5.86. The fourth-order valence-electron chi connectivity index (χ4n) is 2.07. The Morgan fingerprint density at radius 3 is 2.62 bits per heavy atom. The van der Waals surface area contributed by atoms with Crippen molar-refractivity contribution < 1.29 is 9.47 Å². The highest BCUT2D eigenvalue weighted by atomic mass is 16.5. The molecule has 1 fully saturated rings. The highest BCUT2D eigenvalue weighted by Gasteiger charge is 2.46. The first-order valence-corrected chi connectivity index (χ1v) is 5.84. The van der Waals surface area contributed by atoms with Crippen LogP contribution in [0, 0.1) is 5.41 Å². The monoisotopic (exact) mass is 219 g/mol. The van der Waals surface area contributed by atoms with Crippen LogP contribution in [0.4, 0.5) is 0 Å². The van der Waals surface area contributed by atoms with Crippen LogP contribution in [0.5, 0.6) is 11.5 Å². The summed E-state index contributed by atoms with van der Waals surface area (Å²) in [5.74, 6) is 1.79. The van der Waals surface area contributed by atoms with Crippen molar-refractivity contribution in [1.29, 1.82) is 0 Å². The average Bonchev–Trinajstić information content (AvgIpc) is 3.08. The average molecular weight is 219 g/mol. The molecular weight excluding hydrogens is 202 g/mol. The number of rotatable bonds is 2. The number of hydrogen-bond donors (Lipinski definition) is 1. The smallest absolute Gasteiger partial charge is 0.161 e. The summed E-state index contributed by atoms with van der Waals surface area (Å²) < 4.78 is 11.7. The molecule has 1 N–H and O–H groups in total. The highest BCUT2D eigenvalue weighted by molar-refractivity contribution is 5.43. The van der Waals surface area contributed by atoms with E-state index in [1.54, 1.807) is 0 Å². The van der Waals surface area contributed by atoms with Crippen molar-refractivity contribution in [3.05, 3.63) is 23.8 Å². The van der Waals surface area contributed by atoms with E-state index in [0.717, 1.165) is 31.3 Å². The van der Waals surface area contributed by atoms with E-state index in [1.165, 1.54) is 18.4 Å². The quantitative estimate of drug-likeness (QED) is 0.824. The summed E-state index contributed by atoms with van der Waals surface area (Å²) in [6.45, 7) is 2.48. The van der Waals surface area contributed by atoms with E-state index in [0.29, 0.717) is 5.41 Å². The fraction of sp³-hybridized carbons (Fsp3) is 0.538. The summed E-state index contributed by atoms with van der Waals surface area (Å²) in [5.41, 5.74) is 1.55. The second-order valence-corrected chi connectivity index (χ2v) is 4.89. The first kappa shape index (κ1) is 9.97. The van der Waals surface area contributed by atoms with Crippen molar-refractivity contribution >= 4 is 0 Å². The van der Waals surface area contributed by atoms with Gasteiger partial charge in [-0.2, -0.15) is 0 Å². The predicted octanol–water partition coefficient (Wildman–Crippen LogP) is 1.96. The normalized spacial score (nSPS) is 20.6. The zero-order valence-corrected chi connectivity index (χ0v) is 9.58. The SMILES string of the molecule is CNCc1ccc2c(c1)OCC1(CC1)CO2.